The zero-order chi connectivity index (χ0) is 25.2. The highest BCUT2D eigenvalue weighted by atomic mass is 127. The number of hydrogen-bond donors (Lipinski definition) is 1. The van der Waals surface area contributed by atoms with E-state index in [1.54, 1.807) is 12.3 Å². The Balaban J connectivity index is 1.25. The second-order valence-electron chi connectivity index (χ2n) is 7.90. The number of hydrazone groups is 1. The lowest BCUT2D eigenvalue weighted by Gasteiger charge is -2.12. The summed E-state index contributed by atoms with van der Waals surface area (Å²) in [6.45, 7) is 0.477. The van der Waals surface area contributed by atoms with Crippen LogP contribution < -0.4 is 10.2 Å². The third kappa shape index (κ3) is 5.79. The minimum Gasteiger partial charge on any atom is -0.487 e. The summed E-state index contributed by atoms with van der Waals surface area (Å²) < 4.78 is 15.4. The first-order chi connectivity index (χ1) is 17.4. The second-order valence-corrected chi connectivity index (χ2v) is 12.0. The maximum absolute atomic E-state index is 12.5. The monoisotopic (exact) mass is 828 g/mol. The standard InChI is InChI=1S/C27H16Br2I2N2O3/c28-20-10-19-11-24(36-25(19)21(29)12-20)27(34)33-32-13-16-8-22(30)26(23(31)9-16)35-14-15-5-6-17-3-1-2-4-18(17)7-15/h1-13H,14H2,(H,33,34)/b32-13-. The molecule has 1 heterocycles. The van der Waals surface area contributed by atoms with Gasteiger partial charge in [-0.15, -0.1) is 0 Å². The maximum atomic E-state index is 12.5. The summed E-state index contributed by atoms with van der Waals surface area (Å²) in [4.78, 5) is 12.5. The number of hydrogen-bond acceptors (Lipinski definition) is 4. The fourth-order valence-corrected chi connectivity index (χ4v) is 7.15. The van der Waals surface area contributed by atoms with Gasteiger partial charge in [0, 0.05) is 9.86 Å². The molecule has 0 aliphatic heterocycles. The van der Waals surface area contributed by atoms with Crippen molar-refractivity contribution in [2.45, 2.75) is 6.61 Å². The van der Waals surface area contributed by atoms with Gasteiger partial charge >= 0.3 is 5.91 Å². The summed E-state index contributed by atoms with van der Waals surface area (Å²) in [6.07, 6.45) is 1.60. The molecule has 0 aliphatic rings. The molecule has 1 N–H and O–H groups in total. The molecule has 1 amide bonds. The first kappa shape index (κ1) is 25.7. The van der Waals surface area contributed by atoms with E-state index in [9.17, 15) is 4.79 Å². The van der Waals surface area contributed by atoms with Crippen LogP contribution in [0.1, 0.15) is 21.7 Å². The number of carbonyl (C=O) groups is 1. The van der Waals surface area contributed by atoms with Crippen molar-refractivity contribution in [2.75, 3.05) is 0 Å². The zero-order valence-electron chi connectivity index (χ0n) is 18.4. The van der Waals surface area contributed by atoms with Crippen LogP contribution >= 0.6 is 77.0 Å². The van der Waals surface area contributed by atoms with Crippen molar-refractivity contribution in [3.05, 3.63) is 106 Å². The van der Waals surface area contributed by atoms with Crippen LogP contribution in [-0.2, 0) is 6.61 Å². The Morgan fingerprint density at radius 3 is 2.47 bits per heavy atom. The molecule has 0 saturated carbocycles. The summed E-state index contributed by atoms with van der Waals surface area (Å²) in [5, 5.41) is 7.33. The van der Waals surface area contributed by atoms with Gasteiger partial charge in [-0.1, -0.05) is 52.3 Å². The average Bonchev–Trinajstić information content (AvgIpc) is 3.28. The molecule has 0 bridgehead atoms. The second kappa shape index (κ2) is 11.2. The van der Waals surface area contributed by atoms with Gasteiger partial charge < -0.3 is 9.15 Å². The summed E-state index contributed by atoms with van der Waals surface area (Å²) in [6, 6.07) is 24.0. The van der Waals surface area contributed by atoms with E-state index in [0.717, 1.165) is 38.3 Å². The average molecular weight is 830 g/mol. The quantitative estimate of drug-likeness (QED) is 0.106. The molecule has 0 radical (unpaired) electrons. The van der Waals surface area contributed by atoms with Crippen LogP contribution in [-0.4, -0.2) is 12.1 Å². The van der Waals surface area contributed by atoms with Crippen LogP contribution in [0.2, 0.25) is 0 Å². The molecule has 0 fully saturated rings. The van der Waals surface area contributed by atoms with Crippen molar-refractivity contribution >= 4 is 111 Å². The molecule has 0 atom stereocenters. The van der Waals surface area contributed by atoms with E-state index in [-0.39, 0.29) is 5.76 Å². The molecule has 36 heavy (non-hydrogen) atoms. The van der Waals surface area contributed by atoms with Gasteiger partial charge in [0.2, 0.25) is 0 Å². The predicted molar refractivity (Wildman–Crippen MR) is 167 cm³/mol. The number of halogens is 4. The predicted octanol–water partition coefficient (Wildman–Crippen LogP) is 8.66. The minimum absolute atomic E-state index is 0.183. The SMILES string of the molecule is O=C(N/N=C\c1cc(I)c(OCc2ccc3ccccc3c2)c(I)c1)c1cc2cc(Br)cc(Br)c2o1. The van der Waals surface area contributed by atoms with Gasteiger partial charge in [0.15, 0.2) is 5.76 Å². The Hall–Kier alpha value is -1.96. The van der Waals surface area contributed by atoms with Crippen molar-refractivity contribution < 1.29 is 13.9 Å². The molecule has 5 rings (SSSR count). The number of benzene rings is 4. The van der Waals surface area contributed by atoms with Crippen molar-refractivity contribution in [2.24, 2.45) is 5.10 Å². The highest BCUT2D eigenvalue weighted by Crippen LogP contribution is 2.31. The molecule has 0 saturated heterocycles. The normalized spacial score (nSPS) is 11.4. The number of carbonyl (C=O) groups excluding carboxylic acids is 1. The Labute approximate surface area is 251 Å². The fourth-order valence-electron chi connectivity index (χ4n) is 3.68. The summed E-state index contributed by atoms with van der Waals surface area (Å²) >= 11 is 11.4. The van der Waals surface area contributed by atoms with Gasteiger partial charge in [0.05, 0.1) is 17.8 Å². The van der Waals surface area contributed by atoms with E-state index in [4.69, 9.17) is 9.15 Å². The van der Waals surface area contributed by atoms with Crippen LogP contribution in [0.25, 0.3) is 21.7 Å². The molecule has 0 spiro atoms. The van der Waals surface area contributed by atoms with Crippen LogP contribution in [0.4, 0.5) is 0 Å². The Bertz CT molecular complexity index is 1630. The zero-order valence-corrected chi connectivity index (χ0v) is 25.9. The van der Waals surface area contributed by atoms with Crippen molar-refractivity contribution in [1.82, 2.24) is 5.43 Å². The molecule has 5 nitrogen and oxygen atoms in total. The van der Waals surface area contributed by atoms with Gasteiger partial charge in [0.25, 0.3) is 0 Å². The lowest BCUT2D eigenvalue weighted by molar-refractivity contribution is 0.0929. The summed E-state index contributed by atoms with van der Waals surface area (Å²) in [7, 11) is 0. The smallest absolute Gasteiger partial charge is 0.307 e. The highest BCUT2D eigenvalue weighted by Gasteiger charge is 2.14. The third-order valence-corrected chi connectivity index (χ3v) is 8.01. The van der Waals surface area contributed by atoms with Gasteiger partial charge in [0.1, 0.15) is 17.9 Å². The van der Waals surface area contributed by atoms with E-state index in [0.29, 0.717) is 12.2 Å². The van der Waals surface area contributed by atoms with E-state index in [2.05, 4.69) is 118 Å². The largest absolute Gasteiger partial charge is 0.487 e. The highest BCUT2D eigenvalue weighted by molar-refractivity contribution is 14.1. The minimum atomic E-state index is -0.426. The topological polar surface area (TPSA) is 63.8 Å². The summed E-state index contributed by atoms with van der Waals surface area (Å²) in [5.74, 6) is 0.581. The van der Waals surface area contributed by atoms with Crippen molar-refractivity contribution in [3.63, 3.8) is 0 Å². The maximum Gasteiger partial charge on any atom is 0.307 e. The number of fused-ring (bicyclic) bond motifs is 2. The Morgan fingerprint density at radius 1 is 0.944 bits per heavy atom. The lowest BCUT2D eigenvalue weighted by Crippen LogP contribution is -2.16. The van der Waals surface area contributed by atoms with Crippen LogP contribution in [0.3, 0.4) is 0 Å². The van der Waals surface area contributed by atoms with Gasteiger partial charge in [-0.25, -0.2) is 5.43 Å². The first-order valence-corrected chi connectivity index (χ1v) is 14.4. The molecule has 0 aliphatic carbocycles. The number of nitrogens with zero attached hydrogens (tertiary/aromatic N) is 1. The molecule has 9 heteroatoms. The fraction of sp³-hybridized carbons (Fsp3) is 0.0370. The lowest BCUT2D eigenvalue weighted by atomic mass is 10.1. The van der Waals surface area contributed by atoms with Crippen molar-refractivity contribution in [3.8, 4) is 5.75 Å². The Kier molecular flexibility index (Phi) is 7.99. The number of rotatable bonds is 6. The molecule has 1 aromatic heterocycles. The molecule has 4 aromatic carbocycles. The van der Waals surface area contributed by atoms with Crippen LogP contribution in [0.15, 0.2) is 91.3 Å². The molecule has 5 aromatic rings. The Morgan fingerprint density at radius 2 is 1.69 bits per heavy atom. The molecular weight excluding hydrogens is 814 g/mol. The number of amides is 1. The van der Waals surface area contributed by atoms with Crippen molar-refractivity contribution in [1.29, 1.82) is 0 Å². The van der Waals surface area contributed by atoms with E-state index < -0.39 is 5.91 Å². The van der Waals surface area contributed by atoms with Gasteiger partial charge in [-0.2, -0.15) is 5.10 Å². The summed E-state index contributed by atoms with van der Waals surface area (Å²) in [5.41, 5.74) is 5.09. The number of ether oxygens (including phenoxy) is 1. The van der Waals surface area contributed by atoms with Gasteiger partial charge in [-0.3, -0.25) is 4.79 Å². The number of nitrogens with one attached hydrogen (secondary N) is 1. The van der Waals surface area contributed by atoms with Gasteiger partial charge in [-0.05, 0) is 119 Å². The van der Waals surface area contributed by atoms with E-state index in [1.165, 1.54) is 10.8 Å². The van der Waals surface area contributed by atoms with Crippen LogP contribution in [0, 0.1) is 7.14 Å². The molecular formula is C27H16Br2I2N2O3. The molecule has 180 valence electrons. The van der Waals surface area contributed by atoms with E-state index >= 15 is 0 Å². The number of furan rings is 1. The van der Waals surface area contributed by atoms with Crippen LogP contribution in [0.5, 0.6) is 5.75 Å². The third-order valence-electron chi connectivity index (χ3n) is 5.36. The van der Waals surface area contributed by atoms with E-state index in [1.807, 2.05) is 36.4 Å². The first-order valence-electron chi connectivity index (χ1n) is 10.7. The molecule has 0 unspecified atom stereocenters.